The van der Waals surface area contributed by atoms with Crippen LogP contribution in [0, 0.1) is 11.3 Å². The number of piperidine rings is 1. The van der Waals surface area contributed by atoms with Gasteiger partial charge >= 0.3 is 12.0 Å². The number of nitrogens with two attached hydrogens (primary N) is 2. The maximum absolute atomic E-state index is 14.6. The average molecular weight is 1410 g/mol. The topological polar surface area (TPSA) is 365 Å². The molecule has 3 saturated heterocycles. The van der Waals surface area contributed by atoms with Gasteiger partial charge < -0.3 is 76.6 Å². The third-order valence-corrected chi connectivity index (χ3v) is 30.8. The molecular formula is C73H91N15O11Si2. The molecule has 4 fully saturated rings. The number of para-hydroxylation sites is 1. The first kappa shape index (κ1) is 69.1. The number of carboxylic acid groups (broad SMARTS) is 1. The zero-order valence-corrected chi connectivity index (χ0v) is 60.3. The highest BCUT2D eigenvalue weighted by molar-refractivity contribution is 6.89. The van der Waals surface area contributed by atoms with Crippen LogP contribution in [0.5, 0.6) is 5.75 Å². The maximum atomic E-state index is 14.6. The van der Waals surface area contributed by atoms with Crippen LogP contribution < -0.4 is 53.1 Å². The number of rotatable bonds is 19. The highest BCUT2D eigenvalue weighted by atomic mass is 28.4. The number of hydrogen-bond acceptors (Lipinski definition) is 18. The normalized spacial score (nSPS) is 28.8. The lowest BCUT2D eigenvalue weighted by molar-refractivity contribution is -0.201. The number of anilines is 4. The number of hydrogen-bond donors (Lipinski definition) is 11. The predicted molar refractivity (Wildman–Crippen MR) is 389 cm³/mol. The maximum Gasteiger partial charge on any atom is 0.326 e. The Kier molecular flexibility index (Phi) is 17.8. The number of benzene rings is 4. The second-order valence-corrected chi connectivity index (χ2v) is 36.4. The summed E-state index contributed by atoms with van der Waals surface area (Å²) in [5.41, 5.74) is 14.7. The second kappa shape index (κ2) is 26.1. The third kappa shape index (κ3) is 11.7. The van der Waals surface area contributed by atoms with E-state index in [1.165, 1.54) is 16.7 Å². The monoisotopic (exact) mass is 1410 g/mol. The lowest BCUT2D eigenvalue weighted by Crippen LogP contribution is -2.81. The van der Waals surface area contributed by atoms with Gasteiger partial charge in [0.25, 0.3) is 17.4 Å². The van der Waals surface area contributed by atoms with E-state index in [4.69, 9.17) is 20.3 Å². The van der Waals surface area contributed by atoms with Gasteiger partial charge in [0.1, 0.15) is 17.9 Å². The van der Waals surface area contributed by atoms with E-state index in [1.807, 2.05) is 49.2 Å². The highest BCUT2D eigenvalue weighted by Gasteiger charge is 2.78. The second-order valence-electron chi connectivity index (χ2n) is 29.8. The van der Waals surface area contributed by atoms with Gasteiger partial charge in [-0.15, -0.1) is 0 Å². The van der Waals surface area contributed by atoms with Gasteiger partial charge in [-0.2, -0.15) is 4.98 Å². The van der Waals surface area contributed by atoms with Crippen molar-refractivity contribution in [1.29, 1.82) is 0 Å². The number of nitrogen functional groups attached to an aromatic ring is 1. The molecule has 3 aromatic heterocycles. The molecule has 12 atom stereocenters. The number of aromatic amines is 2. The molecule has 14 rings (SSSR count). The molecule has 1 aliphatic carbocycles. The molecule has 101 heavy (non-hydrogen) atoms. The molecule has 0 radical (unpaired) electrons. The molecule has 7 aromatic rings. The number of aliphatic hydroxyl groups excluding tert-OH is 1. The molecule has 4 aromatic carbocycles. The molecule has 9 heterocycles. The summed E-state index contributed by atoms with van der Waals surface area (Å²) in [6.45, 7) is 14.7. The van der Waals surface area contributed by atoms with E-state index in [2.05, 4.69) is 125 Å². The van der Waals surface area contributed by atoms with Crippen LogP contribution in [0.25, 0.3) is 22.1 Å². The molecule has 1 saturated carbocycles. The lowest BCUT2D eigenvalue weighted by atomic mass is 9.47. The van der Waals surface area contributed by atoms with Crippen molar-refractivity contribution in [2.24, 2.45) is 17.1 Å². The Morgan fingerprint density at radius 1 is 0.931 bits per heavy atom. The molecule has 2 bridgehead atoms. The summed E-state index contributed by atoms with van der Waals surface area (Å²) in [7, 11) is -1.33. The summed E-state index contributed by atoms with van der Waals surface area (Å²) < 4.78 is 13.4. The molecule has 13 N–H and O–H groups in total. The van der Waals surface area contributed by atoms with Gasteiger partial charge in [-0.25, -0.2) is 19.6 Å². The number of nitrogens with one attached hydrogen (secondary N) is 6. The number of aliphatic hydroxyl groups is 2. The van der Waals surface area contributed by atoms with E-state index >= 15 is 0 Å². The predicted octanol–water partition coefficient (Wildman–Crippen LogP) is 4.83. The van der Waals surface area contributed by atoms with E-state index in [9.17, 15) is 44.1 Å². The van der Waals surface area contributed by atoms with Crippen molar-refractivity contribution >= 4 is 97.3 Å². The summed E-state index contributed by atoms with van der Waals surface area (Å²) in [5.74, 6) is -1.96. The largest absolute Gasteiger partial charge is 0.496 e. The minimum Gasteiger partial charge on any atom is -0.496 e. The van der Waals surface area contributed by atoms with Crippen LogP contribution in [0.1, 0.15) is 104 Å². The molecule has 532 valence electrons. The number of amides is 5. The minimum absolute atomic E-state index is 0.0420. The lowest BCUT2D eigenvalue weighted by Gasteiger charge is -2.63. The fourth-order valence-electron chi connectivity index (χ4n) is 19.0. The number of nitrogens with zero attached hydrogens (tertiary/aromatic N) is 7. The van der Waals surface area contributed by atoms with Crippen LogP contribution >= 0.6 is 0 Å². The zero-order chi connectivity index (χ0) is 71.3. The van der Waals surface area contributed by atoms with E-state index in [0.717, 1.165) is 58.1 Å². The van der Waals surface area contributed by atoms with Crippen molar-refractivity contribution in [2.45, 2.75) is 144 Å². The molecule has 1 spiro atoms. The Hall–Kier alpha value is -9.04. The number of primary amides is 1. The van der Waals surface area contributed by atoms with E-state index in [1.54, 1.807) is 31.4 Å². The number of ether oxygens (including phenoxy) is 1. The first-order valence-corrected chi connectivity index (χ1v) is 40.2. The van der Waals surface area contributed by atoms with Crippen LogP contribution in [0.4, 0.5) is 27.8 Å². The van der Waals surface area contributed by atoms with Crippen molar-refractivity contribution in [3.63, 3.8) is 0 Å². The van der Waals surface area contributed by atoms with E-state index in [0.29, 0.717) is 86.5 Å². The number of methoxy groups -OCH3 is 1. The molecule has 26 nitrogen and oxygen atoms in total. The smallest absolute Gasteiger partial charge is 0.326 e. The number of H-pyrrole nitrogens is 2. The van der Waals surface area contributed by atoms with Crippen LogP contribution in [-0.2, 0) is 42.3 Å². The fourth-order valence-corrected chi connectivity index (χ4v) is 26.6. The highest BCUT2D eigenvalue weighted by Crippen LogP contribution is 2.67. The number of carboxylic acids is 1. The van der Waals surface area contributed by atoms with Gasteiger partial charge in [0.05, 0.1) is 37.1 Å². The van der Waals surface area contributed by atoms with Crippen LogP contribution in [0.2, 0.25) is 19.1 Å². The Bertz CT molecular complexity index is 4540. The summed E-state index contributed by atoms with van der Waals surface area (Å²) in [6.07, 6.45) is 8.67. The van der Waals surface area contributed by atoms with Gasteiger partial charge in [-0.1, -0.05) is 56.3 Å². The Morgan fingerprint density at radius 3 is 2.43 bits per heavy atom. The minimum atomic E-state index is -2.68. The van der Waals surface area contributed by atoms with Crippen molar-refractivity contribution < 1.29 is 48.1 Å². The van der Waals surface area contributed by atoms with E-state index < -0.39 is 80.4 Å². The number of aromatic nitrogens is 5. The number of aliphatic carboxylic acids is 1. The molecule has 28 heteroatoms. The van der Waals surface area contributed by atoms with Gasteiger partial charge in [0.15, 0.2) is 25.8 Å². The summed E-state index contributed by atoms with van der Waals surface area (Å²) in [6, 6.07) is 25.2. The van der Waals surface area contributed by atoms with Crippen molar-refractivity contribution in [1.82, 2.24) is 50.3 Å². The van der Waals surface area contributed by atoms with Gasteiger partial charge in [0, 0.05) is 125 Å². The van der Waals surface area contributed by atoms with E-state index in [-0.39, 0.29) is 78.6 Å². The Morgan fingerprint density at radius 2 is 1.69 bits per heavy atom. The summed E-state index contributed by atoms with van der Waals surface area (Å²) in [5, 5.41) is 50.7. The number of likely N-dealkylation sites (N-methyl/N-ethyl adjacent to an activating group) is 1. The van der Waals surface area contributed by atoms with Gasteiger partial charge in [0.2, 0.25) is 20.2 Å². The fraction of sp³-hybridized carbons (Fsp3) is 0.466. The van der Waals surface area contributed by atoms with Gasteiger partial charge in [-0.3, -0.25) is 29.1 Å². The Labute approximate surface area is 587 Å². The standard InChI is InChI=1S/C73H91N15O11Si2/c1-8-70(84-68(96)80-45-21-23-47(24-22-45)101(6,7)99-100-39-54(62(92)93)88(41-100)56(89)16-12-28-76-60(90)43-17-19-44(20-18-43)77-36-46-37-78-59-57(79-46)61(91)83-67(75)82-59)35-42-34-69(3,58-49(25-30-86(38-42)40-70)48-14-10-11-15-52(48)81-58)51-32-50-53(33-55(51)98-5)85(4)64-72(50)27-31-87-29-13-26-71(9-2,63(72)87)65(94)73(64,97)66(74)95/h10-11,13-15,17-24,26,32-33,37,42,54,63-65,77,81,94,97,100H,8-9,12,16,25,27-31,34-36,38-41H2,1-7H3,(H2,74,95)(H,76,90)(H,92,93)(H2,80,84,96)(H3,75,78,82,83,91)/t42-,54?,63+,64+,65+,69+,70-,71+,72+,73-,100?/m0/s1. The molecule has 5 amide bonds. The number of urea groups is 1. The first-order chi connectivity index (χ1) is 48.3. The molecule has 7 aliphatic rings. The van der Waals surface area contributed by atoms with Crippen molar-refractivity contribution in [2.75, 3.05) is 80.9 Å². The Balaban J connectivity index is 0.629. The first-order valence-electron chi connectivity index (χ1n) is 35.2. The van der Waals surface area contributed by atoms with Crippen LogP contribution in [0.3, 0.4) is 0 Å². The quantitative estimate of drug-likeness (QED) is 0.0293. The third-order valence-electron chi connectivity index (χ3n) is 23.6. The molecule has 6 aliphatic heterocycles. The van der Waals surface area contributed by atoms with Crippen molar-refractivity contribution in [3.8, 4) is 5.75 Å². The summed E-state index contributed by atoms with van der Waals surface area (Å²) in [4.78, 5) is 108. The van der Waals surface area contributed by atoms with Gasteiger partial charge in [-0.05, 0) is 148 Å². The number of fused-ring (bicyclic) bond motifs is 7. The zero-order valence-electron chi connectivity index (χ0n) is 58.2. The molecular weight excluding hydrogens is 1320 g/mol. The van der Waals surface area contributed by atoms with Crippen LogP contribution in [-0.4, -0.2) is 197 Å². The molecule has 3 unspecified atom stereocenters. The SMILES string of the molecule is CC[C@]1(NC(=O)Nc2ccc([Si](C)(C)O[SiH]3CC(C(=O)O)N(C(=O)CCCNC(=O)c4ccc(NCc5cnc6nc(N)[nH]c(=O)c6n5)cc4)C3)cc2)C[C@H]2CN(CCc3c([nH]c4ccccc34)[C@@](C)(c3cc4c(cc3OC)N(C)[C@H]3[C@@](O)(C(N)=O)[C@H](O)[C@]5(CC)C=CCN6CC[C@]43[C@H]65)C2)C1. The van der Waals surface area contributed by atoms with Crippen molar-refractivity contribution in [3.05, 3.63) is 147 Å². The van der Waals surface area contributed by atoms with Crippen LogP contribution in [0.15, 0.2) is 108 Å². The number of carbonyl (C=O) groups is 5. The average Bonchev–Trinajstić information content (AvgIpc) is 1.50. The number of carbonyl (C=O) groups excluding carboxylic acids is 4. The summed E-state index contributed by atoms with van der Waals surface area (Å²) >= 11 is 0.